The molecule has 2 atom stereocenters. The van der Waals surface area contributed by atoms with E-state index in [9.17, 15) is 9.59 Å². The summed E-state index contributed by atoms with van der Waals surface area (Å²) in [6, 6.07) is -0.0877. The molecule has 1 fully saturated rings. The van der Waals surface area contributed by atoms with Gasteiger partial charge >= 0.3 is 0 Å². The molecule has 0 saturated heterocycles. The molecular weight excluding hydrogens is 194 g/mol. The first-order valence-electron chi connectivity index (χ1n) is 5.44. The maximum Gasteiger partial charge on any atom is 0.222 e. The molecule has 5 heteroatoms. The zero-order valence-corrected chi connectivity index (χ0v) is 8.87. The molecule has 0 aromatic rings. The van der Waals surface area contributed by atoms with Crippen molar-refractivity contribution in [2.75, 3.05) is 6.54 Å². The van der Waals surface area contributed by atoms with Gasteiger partial charge in [-0.25, -0.2) is 0 Å². The molecule has 0 radical (unpaired) electrons. The van der Waals surface area contributed by atoms with Crippen LogP contribution in [0, 0.1) is 5.92 Å². The van der Waals surface area contributed by atoms with Crippen LogP contribution in [0.5, 0.6) is 0 Å². The number of amides is 2. The Labute approximate surface area is 89.6 Å². The Kier molecular flexibility index (Phi) is 4.55. The molecule has 1 saturated carbocycles. The lowest BCUT2D eigenvalue weighted by Crippen LogP contribution is -2.47. The molecule has 0 bridgehead atoms. The van der Waals surface area contributed by atoms with E-state index in [4.69, 9.17) is 11.5 Å². The summed E-state index contributed by atoms with van der Waals surface area (Å²) in [5.41, 5.74) is 10.6. The highest BCUT2D eigenvalue weighted by atomic mass is 16.2. The Morgan fingerprint density at radius 2 is 1.93 bits per heavy atom. The zero-order valence-electron chi connectivity index (χ0n) is 8.87. The van der Waals surface area contributed by atoms with Gasteiger partial charge < -0.3 is 16.8 Å². The second-order valence-electron chi connectivity index (χ2n) is 4.01. The van der Waals surface area contributed by atoms with Gasteiger partial charge in [-0.15, -0.1) is 0 Å². The van der Waals surface area contributed by atoms with Crippen LogP contribution in [0.2, 0.25) is 0 Å². The summed E-state index contributed by atoms with van der Waals surface area (Å²) in [6.07, 6.45) is 3.98. The molecule has 1 rings (SSSR count). The molecule has 15 heavy (non-hydrogen) atoms. The topological polar surface area (TPSA) is 98.2 Å². The molecule has 0 heterocycles. The van der Waals surface area contributed by atoms with E-state index in [-0.39, 0.29) is 23.8 Å². The van der Waals surface area contributed by atoms with Crippen molar-refractivity contribution in [2.45, 2.75) is 38.1 Å². The molecule has 0 spiro atoms. The lowest BCUT2D eigenvalue weighted by molar-refractivity contribution is -0.126. The third-order valence-electron chi connectivity index (χ3n) is 2.85. The molecule has 1 aliphatic carbocycles. The van der Waals surface area contributed by atoms with E-state index in [1.54, 1.807) is 0 Å². The van der Waals surface area contributed by atoms with Crippen LogP contribution in [0.3, 0.4) is 0 Å². The van der Waals surface area contributed by atoms with Crippen molar-refractivity contribution in [2.24, 2.45) is 17.4 Å². The Morgan fingerprint density at radius 1 is 1.27 bits per heavy atom. The van der Waals surface area contributed by atoms with Gasteiger partial charge in [0.2, 0.25) is 11.8 Å². The number of carbonyl (C=O) groups is 2. The van der Waals surface area contributed by atoms with Crippen LogP contribution in [0.25, 0.3) is 0 Å². The molecule has 5 nitrogen and oxygen atoms in total. The minimum absolute atomic E-state index is 0.0874. The van der Waals surface area contributed by atoms with Crippen LogP contribution in [0.15, 0.2) is 0 Å². The van der Waals surface area contributed by atoms with E-state index in [1.165, 1.54) is 0 Å². The molecule has 0 aliphatic heterocycles. The van der Waals surface area contributed by atoms with Crippen LogP contribution >= 0.6 is 0 Å². The Hall–Kier alpha value is -1.10. The maximum absolute atomic E-state index is 11.3. The number of nitrogens with one attached hydrogen (secondary N) is 1. The summed E-state index contributed by atoms with van der Waals surface area (Å²) in [7, 11) is 0. The third kappa shape index (κ3) is 3.51. The fourth-order valence-electron chi connectivity index (χ4n) is 2.05. The molecule has 5 N–H and O–H groups in total. The van der Waals surface area contributed by atoms with E-state index in [0.29, 0.717) is 13.0 Å². The first-order valence-corrected chi connectivity index (χ1v) is 5.44. The molecule has 1 aliphatic rings. The second kappa shape index (κ2) is 5.70. The fourth-order valence-corrected chi connectivity index (χ4v) is 2.05. The van der Waals surface area contributed by atoms with Crippen molar-refractivity contribution in [1.82, 2.24) is 5.32 Å². The Bertz CT molecular complexity index is 243. The minimum atomic E-state index is -0.312. The Balaban J connectivity index is 2.49. The van der Waals surface area contributed by atoms with Gasteiger partial charge in [0.15, 0.2) is 0 Å². The van der Waals surface area contributed by atoms with Crippen molar-refractivity contribution >= 4 is 11.8 Å². The van der Waals surface area contributed by atoms with Gasteiger partial charge in [0.1, 0.15) is 0 Å². The zero-order chi connectivity index (χ0) is 11.3. The molecule has 2 unspecified atom stereocenters. The highest BCUT2D eigenvalue weighted by molar-refractivity contribution is 5.80. The van der Waals surface area contributed by atoms with Crippen LogP contribution in [-0.4, -0.2) is 24.4 Å². The minimum Gasteiger partial charge on any atom is -0.369 e. The van der Waals surface area contributed by atoms with Crippen LogP contribution in [0.4, 0.5) is 0 Å². The summed E-state index contributed by atoms with van der Waals surface area (Å²) in [4.78, 5) is 22.5. The van der Waals surface area contributed by atoms with Crippen molar-refractivity contribution in [1.29, 1.82) is 0 Å². The highest BCUT2D eigenvalue weighted by Crippen LogP contribution is 2.24. The lowest BCUT2D eigenvalue weighted by Gasteiger charge is -2.29. The van der Waals surface area contributed by atoms with Crippen LogP contribution in [0.1, 0.15) is 32.1 Å². The van der Waals surface area contributed by atoms with Crippen molar-refractivity contribution in [3.05, 3.63) is 0 Å². The fraction of sp³-hybridized carbons (Fsp3) is 0.800. The van der Waals surface area contributed by atoms with Gasteiger partial charge in [-0.05, 0) is 12.8 Å². The van der Waals surface area contributed by atoms with Gasteiger partial charge in [0.25, 0.3) is 0 Å². The number of rotatable bonds is 4. The molecule has 2 amide bonds. The first kappa shape index (κ1) is 12.0. The first-order chi connectivity index (χ1) is 7.15. The van der Waals surface area contributed by atoms with E-state index in [1.807, 2.05) is 0 Å². The number of nitrogens with two attached hydrogens (primary N) is 2. The highest BCUT2D eigenvalue weighted by Gasteiger charge is 2.30. The van der Waals surface area contributed by atoms with E-state index >= 15 is 0 Å². The van der Waals surface area contributed by atoms with Crippen molar-refractivity contribution in [3.63, 3.8) is 0 Å². The molecule has 0 aromatic carbocycles. The molecule has 0 aromatic heterocycles. The third-order valence-corrected chi connectivity index (χ3v) is 2.85. The number of carbonyl (C=O) groups excluding carboxylic acids is 2. The standard InChI is InChI=1S/C10H19N3O2/c11-6-5-9(14)13-8-4-2-1-3-7(8)10(12)15/h7-8H,1-6,11H2,(H2,12,15)(H,13,14). The van der Waals surface area contributed by atoms with E-state index in [0.717, 1.165) is 25.7 Å². The average Bonchev–Trinajstić information content (AvgIpc) is 2.18. The van der Waals surface area contributed by atoms with Gasteiger partial charge in [-0.2, -0.15) is 0 Å². The van der Waals surface area contributed by atoms with E-state index in [2.05, 4.69) is 5.32 Å². The number of hydrogen-bond acceptors (Lipinski definition) is 3. The van der Waals surface area contributed by atoms with Gasteiger partial charge in [0, 0.05) is 19.0 Å². The summed E-state index contributed by atoms with van der Waals surface area (Å²) in [6.45, 7) is 0.333. The number of primary amides is 1. The van der Waals surface area contributed by atoms with Crippen molar-refractivity contribution in [3.8, 4) is 0 Å². The van der Waals surface area contributed by atoms with Crippen LogP contribution in [-0.2, 0) is 9.59 Å². The second-order valence-corrected chi connectivity index (χ2v) is 4.01. The lowest BCUT2D eigenvalue weighted by atomic mass is 9.84. The summed E-state index contributed by atoms with van der Waals surface area (Å²) in [5, 5.41) is 2.83. The van der Waals surface area contributed by atoms with E-state index < -0.39 is 0 Å². The predicted octanol–water partition coefficient (Wildman–Crippen LogP) is -0.504. The van der Waals surface area contributed by atoms with Gasteiger partial charge in [-0.1, -0.05) is 12.8 Å². The normalized spacial score (nSPS) is 25.9. The van der Waals surface area contributed by atoms with Crippen LogP contribution < -0.4 is 16.8 Å². The van der Waals surface area contributed by atoms with Crippen molar-refractivity contribution < 1.29 is 9.59 Å². The quantitative estimate of drug-likeness (QED) is 0.587. The summed E-state index contributed by atoms with van der Waals surface area (Å²) < 4.78 is 0. The number of hydrogen-bond donors (Lipinski definition) is 3. The Morgan fingerprint density at radius 3 is 2.53 bits per heavy atom. The smallest absolute Gasteiger partial charge is 0.222 e. The monoisotopic (exact) mass is 213 g/mol. The largest absolute Gasteiger partial charge is 0.369 e. The maximum atomic E-state index is 11.3. The predicted molar refractivity (Wildman–Crippen MR) is 56.8 cm³/mol. The molecular formula is C10H19N3O2. The summed E-state index contributed by atoms with van der Waals surface area (Å²) >= 11 is 0. The SMILES string of the molecule is NCCC(=O)NC1CCCCC1C(N)=O. The average molecular weight is 213 g/mol. The summed E-state index contributed by atoms with van der Waals surface area (Å²) in [5.74, 6) is -0.608. The molecule has 86 valence electrons. The van der Waals surface area contributed by atoms with Gasteiger partial charge in [0.05, 0.1) is 5.92 Å². The van der Waals surface area contributed by atoms with Gasteiger partial charge in [-0.3, -0.25) is 9.59 Å².